The van der Waals surface area contributed by atoms with Gasteiger partial charge in [-0.25, -0.2) is 4.79 Å². The van der Waals surface area contributed by atoms with Gasteiger partial charge in [-0.2, -0.15) is 0 Å². The SMILES string of the molecule is CC(C)Cn1cc(/C=C2/C(=O)NC(=O)N(C3CCCCC3)C2=O)c2ccccc21. The van der Waals surface area contributed by atoms with Crippen molar-refractivity contribution >= 4 is 34.8 Å². The van der Waals surface area contributed by atoms with Crippen LogP contribution < -0.4 is 5.32 Å². The van der Waals surface area contributed by atoms with Crippen LogP contribution in [0, 0.1) is 5.92 Å². The first-order chi connectivity index (χ1) is 14.0. The Morgan fingerprint density at radius 2 is 1.83 bits per heavy atom. The molecule has 0 spiro atoms. The van der Waals surface area contributed by atoms with E-state index in [0.29, 0.717) is 5.92 Å². The van der Waals surface area contributed by atoms with Crippen LogP contribution in [0.2, 0.25) is 0 Å². The lowest BCUT2D eigenvalue weighted by molar-refractivity contribution is -0.132. The molecule has 1 aliphatic heterocycles. The number of para-hydroxylation sites is 1. The summed E-state index contributed by atoms with van der Waals surface area (Å²) >= 11 is 0. The van der Waals surface area contributed by atoms with E-state index in [1.165, 1.54) is 4.90 Å². The van der Waals surface area contributed by atoms with Crippen molar-refractivity contribution in [3.63, 3.8) is 0 Å². The lowest BCUT2D eigenvalue weighted by atomic mass is 9.93. The fourth-order valence-corrected chi connectivity index (χ4v) is 4.43. The summed E-state index contributed by atoms with van der Waals surface area (Å²) in [5.41, 5.74) is 1.91. The topological polar surface area (TPSA) is 71.4 Å². The molecule has 2 aromatic rings. The predicted octanol–water partition coefficient (Wildman–Crippen LogP) is 4.09. The van der Waals surface area contributed by atoms with Gasteiger partial charge in [-0.05, 0) is 30.9 Å². The summed E-state index contributed by atoms with van der Waals surface area (Å²) in [6.45, 7) is 5.15. The third-order valence-corrected chi connectivity index (χ3v) is 5.75. The first-order valence-electron chi connectivity index (χ1n) is 10.4. The molecule has 2 aliphatic rings. The Morgan fingerprint density at radius 3 is 2.55 bits per heavy atom. The molecule has 1 aromatic carbocycles. The highest BCUT2D eigenvalue weighted by Crippen LogP contribution is 2.28. The first kappa shape index (κ1) is 19.4. The van der Waals surface area contributed by atoms with Gasteiger partial charge < -0.3 is 4.57 Å². The maximum atomic E-state index is 13.1. The molecular formula is C23H27N3O3. The Hall–Kier alpha value is -2.89. The molecule has 1 saturated carbocycles. The van der Waals surface area contributed by atoms with Gasteiger partial charge in [0.2, 0.25) is 0 Å². The van der Waals surface area contributed by atoms with Crippen LogP contribution in [-0.4, -0.2) is 33.4 Å². The minimum Gasteiger partial charge on any atom is -0.347 e. The van der Waals surface area contributed by atoms with E-state index < -0.39 is 17.8 Å². The summed E-state index contributed by atoms with van der Waals surface area (Å²) in [7, 11) is 0. The van der Waals surface area contributed by atoms with Gasteiger partial charge in [-0.3, -0.25) is 19.8 Å². The number of rotatable bonds is 4. The number of carbonyl (C=O) groups excluding carboxylic acids is 3. The van der Waals surface area contributed by atoms with Crippen LogP contribution in [0.15, 0.2) is 36.0 Å². The number of hydrogen-bond acceptors (Lipinski definition) is 3. The molecule has 6 heteroatoms. The normalized spacial score (nSPS) is 20.2. The van der Waals surface area contributed by atoms with E-state index in [1.807, 2.05) is 30.5 Å². The number of benzene rings is 1. The Morgan fingerprint density at radius 1 is 1.10 bits per heavy atom. The molecule has 4 amide bonds. The maximum Gasteiger partial charge on any atom is 0.331 e. The molecule has 152 valence electrons. The zero-order valence-electron chi connectivity index (χ0n) is 17.0. The Labute approximate surface area is 170 Å². The Bertz CT molecular complexity index is 996. The van der Waals surface area contributed by atoms with Crippen molar-refractivity contribution in [1.29, 1.82) is 0 Å². The Kier molecular flexibility index (Phi) is 5.26. The van der Waals surface area contributed by atoms with Crippen LogP contribution in [0.25, 0.3) is 17.0 Å². The van der Waals surface area contributed by atoms with Gasteiger partial charge in [-0.15, -0.1) is 0 Å². The minimum absolute atomic E-state index is 0.0302. The highest BCUT2D eigenvalue weighted by molar-refractivity contribution is 6.31. The lowest BCUT2D eigenvalue weighted by Crippen LogP contribution is -2.58. The number of imide groups is 2. The molecular weight excluding hydrogens is 366 g/mol. The van der Waals surface area contributed by atoms with Crippen molar-refractivity contribution in [3.05, 3.63) is 41.6 Å². The lowest BCUT2D eigenvalue weighted by Gasteiger charge is -2.35. The molecule has 2 fully saturated rings. The van der Waals surface area contributed by atoms with E-state index in [9.17, 15) is 14.4 Å². The predicted molar refractivity (Wildman–Crippen MR) is 112 cm³/mol. The number of carbonyl (C=O) groups is 3. The summed E-state index contributed by atoms with van der Waals surface area (Å²) in [5, 5.41) is 3.35. The molecule has 0 unspecified atom stereocenters. The smallest absolute Gasteiger partial charge is 0.331 e. The molecule has 1 aliphatic carbocycles. The standard InChI is InChI=1S/C23H27N3O3/c1-15(2)13-25-14-16(18-10-6-7-11-20(18)25)12-19-21(27)24-23(29)26(22(19)28)17-8-4-3-5-9-17/h6-7,10-12,14-15,17H,3-5,8-9,13H2,1-2H3,(H,24,27,29)/b19-12-. The second-order valence-electron chi connectivity index (χ2n) is 8.43. The zero-order chi connectivity index (χ0) is 20.5. The third-order valence-electron chi connectivity index (χ3n) is 5.75. The van der Waals surface area contributed by atoms with E-state index in [4.69, 9.17) is 0 Å². The van der Waals surface area contributed by atoms with E-state index in [2.05, 4.69) is 23.7 Å². The van der Waals surface area contributed by atoms with Crippen LogP contribution in [0.5, 0.6) is 0 Å². The number of barbiturate groups is 1. The van der Waals surface area contributed by atoms with Crippen LogP contribution in [0.1, 0.15) is 51.5 Å². The second-order valence-corrected chi connectivity index (χ2v) is 8.43. The number of nitrogens with one attached hydrogen (secondary N) is 1. The van der Waals surface area contributed by atoms with Crippen molar-refractivity contribution in [2.24, 2.45) is 5.92 Å². The average molecular weight is 393 g/mol. The van der Waals surface area contributed by atoms with E-state index in [-0.39, 0.29) is 11.6 Å². The van der Waals surface area contributed by atoms with E-state index in [1.54, 1.807) is 6.08 Å². The molecule has 0 bridgehead atoms. The highest BCUT2D eigenvalue weighted by Gasteiger charge is 2.40. The monoisotopic (exact) mass is 393 g/mol. The second kappa shape index (κ2) is 7.85. The van der Waals surface area contributed by atoms with Crippen LogP contribution >= 0.6 is 0 Å². The molecule has 1 saturated heterocycles. The van der Waals surface area contributed by atoms with Crippen molar-refractivity contribution in [2.45, 2.75) is 58.5 Å². The number of amides is 4. The molecule has 6 nitrogen and oxygen atoms in total. The largest absolute Gasteiger partial charge is 0.347 e. The van der Waals surface area contributed by atoms with Gasteiger partial charge >= 0.3 is 6.03 Å². The zero-order valence-corrected chi connectivity index (χ0v) is 17.0. The minimum atomic E-state index is -0.618. The Balaban J connectivity index is 1.74. The molecule has 2 heterocycles. The average Bonchev–Trinajstić information content (AvgIpc) is 3.03. The van der Waals surface area contributed by atoms with Gasteiger partial charge in [0.25, 0.3) is 11.8 Å². The summed E-state index contributed by atoms with van der Waals surface area (Å²) in [4.78, 5) is 39.3. The van der Waals surface area contributed by atoms with Crippen molar-refractivity contribution in [1.82, 2.24) is 14.8 Å². The molecule has 29 heavy (non-hydrogen) atoms. The van der Waals surface area contributed by atoms with Gasteiger partial charge in [0.1, 0.15) is 5.57 Å². The summed E-state index contributed by atoms with van der Waals surface area (Å²) in [6.07, 6.45) is 8.34. The molecule has 4 rings (SSSR count). The van der Waals surface area contributed by atoms with E-state index in [0.717, 1.165) is 55.1 Å². The molecule has 0 radical (unpaired) electrons. The van der Waals surface area contributed by atoms with Crippen molar-refractivity contribution in [2.75, 3.05) is 0 Å². The van der Waals surface area contributed by atoms with Crippen LogP contribution in [0.3, 0.4) is 0 Å². The fourth-order valence-electron chi connectivity index (χ4n) is 4.43. The first-order valence-corrected chi connectivity index (χ1v) is 10.4. The van der Waals surface area contributed by atoms with Gasteiger partial charge in [-0.1, -0.05) is 51.3 Å². The summed E-state index contributed by atoms with van der Waals surface area (Å²) in [5.74, 6) is -0.635. The van der Waals surface area contributed by atoms with Crippen LogP contribution in [-0.2, 0) is 16.1 Å². The third kappa shape index (κ3) is 3.71. The van der Waals surface area contributed by atoms with Gasteiger partial charge in [0.05, 0.1) is 0 Å². The number of urea groups is 1. The van der Waals surface area contributed by atoms with Crippen molar-refractivity contribution < 1.29 is 14.4 Å². The van der Waals surface area contributed by atoms with Crippen molar-refractivity contribution in [3.8, 4) is 0 Å². The molecule has 1 aromatic heterocycles. The molecule has 0 atom stereocenters. The number of nitrogens with zero attached hydrogens (tertiary/aromatic N) is 2. The highest BCUT2D eigenvalue weighted by atomic mass is 16.2. The maximum absolute atomic E-state index is 13.1. The van der Waals surface area contributed by atoms with Gasteiger partial charge in [0.15, 0.2) is 0 Å². The summed E-state index contributed by atoms with van der Waals surface area (Å²) in [6, 6.07) is 7.25. The van der Waals surface area contributed by atoms with Crippen LogP contribution in [0.4, 0.5) is 4.79 Å². The number of fused-ring (bicyclic) bond motifs is 1. The number of aromatic nitrogens is 1. The molecule has 1 N–H and O–H groups in total. The van der Waals surface area contributed by atoms with Gasteiger partial charge in [0, 0.05) is 35.2 Å². The van der Waals surface area contributed by atoms with E-state index >= 15 is 0 Å². The summed E-state index contributed by atoms with van der Waals surface area (Å²) < 4.78 is 2.15. The number of hydrogen-bond donors (Lipinski definition) is 1. The quantitative estimate of drug-likeness (QED) is 0.628. The fraction of sp³-hybridized carbons (Fsp3) is 0.435.